The van der Waals surface area contributed by atoms with Crippen LogP contribution in [0.4, 0.5) is 17.2 Å². The quantitative estimate of drug-likeness (QED) is 0.404. The molecule has 0 unspecified atom stereocenters. The maximum atomic E-state index is 4.85. The second kappa shape index (κ2) is 7.48. The lowest BCUT2D eigenvalue weighted by Crippen LogP contribution is -2.11. The molecule has 3 aromatic carbocycles. The van der Waals surface area contributed by atoms with Crippen molar-refractivity contribution in [2.24, 2.45) is 0 Å². The van der Waals surface area contributed by atoms with Crippen molar-refractivity contribution >= 4 is 17.2 Å². The summed E-state index contributed by atoms with van der Waals surface area (Å²) in [7, 11) is 0. The largest absolute Gasteiger partial charge is 0.293 e. The lowest BCUT2D eigenvalue weighted by atomic mass is 10.2. The molecule has 0 aliphatic heterocycles. The van der Waals surface area contributed by atoms with Crippen LogP contribution in [0.3, 0.4) is 0 Å². The molecule has 0 aliphatic carbocycles. The molecule has 29 heavy (non-hydrogen) atoms. The Balaban J connectivity index is 1.61. The minimum absolute atomic E-state index is 0.845. The van der Waals surface area contributed by atoms with Gasteiger partial charge in [0.1, 0.15) is 0 Å². The Bertz CT molecular complexity index is 1190. The van der Waals surface area contributed by atoms with Gasteiger partial charge in [0.2, 0.25) is 0 Å². The van der Waals surface area contributed by atoms with Gasteiger partial charge in [-0.3, -0.25) is 4.90 Å². The van der Waals surface area contributed by atoms with Gasteiger partial charge < -0.3 is 0 Å². The summed E-state index contributed by atoms with van der Waals surface area (Å²) in [5, 5.41) is 9.20. The minimum atomic E-state index is 0.845. The first-order chi connectivity index (χ1) is 14.4. The van der Waals surface area contributed by atoms with Crippen LogP contribution < -0.4 is 4.90 Å². The fraction of sp³-hybridized carbons (Fsp3) is 0. The van der Waals surface area contributed by atoms with Crippen molar-refractivity contribution in [3.05, 3.63) is 116 Å². The van der Waals surface area contributed by atoms with Crippen LogP contribution in [0, 0.1) is 0 Å². The van der Waals surface area contributed by atoms with Crippen molar-refractivity contribution < 1.29 is 0 Å². The van der Waals surface area contributed by atoms with Gasteiger partial charge in [0.15, 0.2) is 5.82 Å². The van der Waals surface area contributed by atoms with Crippen molar-refractivity contribution in [1.82, 2.24) is 19.6 Å². The molecule has 2 aromatic heterocycles. The Morgan fingerprint density at radius 3 is 2.07 bits per heavy atom. The zero-order valence-corrected chi connectivity index (χ0v) is 15.7. The van der Waals surface area contributed by atoms with Crippen molar-refractivity contribution in [2.75, 3.05) is 4.90 Å². The van der Waals surface area contributed by atoms with Crippen LogP contribution >= 0.6 is 0 Å². The number of para-hydroxylation sites is 2. The first-order valence-electron chi connectivity index (χ1n) is 9.45. The van der Waals surface area contributed by atoms with E-state index < -0.39 is 0 Å². The van der Waals surface area contributed by atoms with Crippen LogP contribution in [0.5, 0.6) is 0 Å². The van der Waals surface area contributed by atoms with Crippen LogP contribution in [0.2, 0.25) is 0 Å². The van der Waals surface area contributed by atoms with E-state index in [1.165, 1.54) is 0 Å². The Labute approximate surface area is 169 Å². The summed E-state index contributed by atoms with van der Waals surface area (Å²) in [5.74, 6) is 0.845. The Morgan fingerprint density at radius 1 is 0.586 bits per heavy atom. The highest BCUT2D eigenvalue weighted by Crippen LogP contribution is 2.34. The van der Waals surface area contributed by atoms with Gasteiger partial charge in [0.05, 0.1) is 11.4 Å². The SMILES string of the molecule is c1ccc(N(c2cccc(-n3cccn3)c2)c2ccn(-c3ccccc3)n2)cc1. The van der Waals surface area contributed by atoms with Crippen LogP contribution in [0.15, 0.2) is 116 Å². The second-order valence-corrected chi connectivity index (χ2v) is 6.60. The molecule has 0 atom stereocenters. The summed E-state index contributed by atoms with van der Waals surface area (Å²) in [5.41, 5.74) is 4.08. The number of hydrogen-bond acceptors (Lipinski definition) is 3. The lowest BCUT2D eigenvalue weighted by molar-refractivity contribution is 0.872. The average Bonchev–Trinajstić information content (AvgIpc) is 3.49. The Morgan fingerprint density at radius 2 is 1.31 bits per heavy atom. The highest BCUT2D eigenvalue weighted by Gasteiger charge is 2.16. The highest BCUT2D eigenvalue weighted by atomic mass is 15.4. The molecule has 0 spiro atoms. The molecule has 0 amide bonds. The molecule has 5 aromatic rings. The Kier molecular flexibility index (Phi) is 4.39. The van der Waals surface area contributed by atoms with E-state index in [9.17, 15) is 0 Å². The van der Waals surface area contributed by atoms with Gasteiger partial charge in [-0.25, -0.2) is 9.36 Å². The third-order valence-electron chi connectivity index (χ3n) is 4.70. The molecule has 0 saturated carbocycles. The van der Waals surface area contributed by atoms with Gasteiger partial charge in [0.25, 0.3) is 0 Å². The highest BCUT2D eigenvalue weighted by molar-refractivity contribution is 5.75. The van der Waals surface area contributed by atoms with E-state index in [1.54, 1.807) is 6.20 Å². The zero-order chi connectivity index (χ0) is 19.5. The van der Waals surface area contributed by atoms with E-state index in [1.807, 2.05) is 94.6 Å². The lowest BCUT2D eigenvalue weighted by Gasteiger charge is -2.23. The van der Waals surface area contributed by atoms with Gasteiger partial charge in [-0.1, -0.05) is 42.5 Å². The predicted molar refractivity (Wildman–Crippen MR) is 115 cm³/mol. The van der Waals surface area contributed by atoms with Crippen LogP contribution in [-0.2, 0) is 0 Å². The monoisotopic (exact) mass is 377 g/mol. The molecule has 0 bridgehead atoms. The van der Waals surface area contributed by atoms with Crippen molar-refractivity contribution in [2.45, 2.75) is 0 Å². The zero-order valence-electron chi connectivity index (χ0n) is 15.7. The summed E-state index contributed by atoms with van der Waals surface area (Å²) in [6, 6.07) is 32.6. The topological polar surface area (TPSA) is 38.9 Å². The third-order valence-corrected chi connectivity index (χ3v) is 4.70. The molecule has 0 fully saturated rings. The number of aromatic nitrogens is 4. The first-order valence-corrected chi connectivity index (χ1v) is 9.45. The fourth-order valence-electron chi connectivity index (χ4n) is 3.34. The summed E-state index contributed by atoms with van der Waals surface area (Å²) in [6.45, 7) is 0. The summed E-state index contributed by atoms with van der Waals surface area (Å²) >= 11 is 0. The molecule has 0 saturated heterocycles. The van der Waals surface area contributed by atoms with Crippen LogP contribution in [0.1, 0.15) is 0 Å². The fourth-order valence-corrected chi connectivity index (χ4v) is 3.34. The number of benzene rings is 3. The molecule has 5 heteroatoms. The molecule has 0 N–H and O–H groups in total. The van der Waals surface area contributed by atoms with E-state index >= 15 is 0 Å². The van der Waals surface area contributed by atoms with E-state index in [2.05, 4.69) is 34.3 Å². The maximum Gasteiger partial charge on any atom is 0.160 e. The standard InChI is InChI=1S/C24H19N5/c1-3-9-20(10-4-1)28-18-15-24(26-28)29(21-11-5-2-6-12-21)23-14-7-13-22(19-23)27-17-8-16-25-27/h1-19H. The van der Waals surface area contributed by atoms with Gasteiger partial charge in [-0.05, 0) is 48.5 Å². The molecule has 5 nitrogen and oxygen atoms in total. The van der Waals surface area contributed by atoms with E-state index in [4.69, 9.17) is 5.10 Å². The van der Waals surface area contributed by atoms with Gasteiger partial charge in [-0.2, -0.15) is 5.10 Å². The van der Waals surface area contributed by atoms with Crippen molar-refractivity contribution in [1.29, 1.82) is 0 Å². The van der Waals surface area contributed by atoms with Crippen molar-refractivity contribution in [3.8, 4) is 11.4 Å². The van der Waals surface area contributed by atoms with Gasteiger partial charge in [0, 0.05) is 36.0 Å². The number of hydrogen-bond donors (Lipinski definition) is 0. The summed E-state index contributed by atoms with van der Waals surface area (Å²) < 4.78 is 3.75. The van der Waals surface area contributed by atoms with Gasteiger partial charge >= 0.3 is 0 Å². The third kappa shape index (κ3) is 3.41. The maximum absolute atomic E-state index is 4.85. The first kappa shape index (κ1) is 17.0. The normalized spacial score (nSPS) is 10.8. The van der Waals surface area contributed by atoms with Crippen LogP contribution in [0.25, 0.3) is 11.4 Å². The second-order valence-electron chi connectivity index (χ2n) is 6.60. The van der Waals surface area contributed by atoms with Crippen molar-refractivity contribution in [3.63, 3.8) is 0 Å². The minimum Gasteiger partial charge on any atom is -0.293 e. The number of nitrogens with zero attached hydrogens (tertiary/aromatic N) is 5. The predicted octanol–water partition coefficient (Wildman–Crippen LogP) is 5.53. The summed E-state index contributed by atoms with van der Waals surface area (Å²) in [4.78, 5) is 2.15. The molecular formula is C24H19N5. The van der Waals surface area contributed by atoms with Gasteiger partial charge in [-0.15, -0.1) is 5.10 Å². The summed E-state index contributed by atoms with van der Waals surface area (Å²) in [6.07, 6.45) is 5.71. The molecule has 0 aliphatic rings. The Hall–Kier alpha value is -4.12. The molecule has 0 radical (unpaired) electrons. The number of anilines is 3. The van der Waals surface area contributed by atoms with E-state index in [0.29, 0.717) is 0 Å². The molecule has 2 heterocycles. The molecular weight excluding hydrogens is 358 g/mol. The molecule has 140 valence electrons. The van der Waals surface area contributed by atoms with Crippen LogP contribution in [-0.4, -0.2) is 19.6 Å². The van der Waals surface area contributed by atoms with E-state index in [0.717, 1.165) is 28.6 Å². The average molecular weight is 377 g/mol. The molecule has 5 rings (SSSR count). The van der Waals surface area contributed by atoms with E-state index in [-0.39, 0.29) is 0 Å². The number of rotatable bonds is 5. The smallest absolute Gasteiger partial charge is 0.160 e.